The van der Waals surface area contributed by atoms with E-state index in [1.807, 2.05) is 6.07 Å². The summed E-state index contributed by atoms with van der Waals surface area (Å²) in [5.74, 6) is 0. The molecule has 1 aliphatic heterocycles. The van der Waals surface area contributed by atoms with Gasteiger partial charge in [-0.1, -0.05) is 12.1 Å². The second-order valence-electron chi connectivity index (χ2n) is 5.02. The predicted octanol–water partition coefficient (Wildman–Crippen LogP) is 1.78. The highest BCUT2D eigenvalue weighted by molar-refractivity contribution is 5.56. The Labute approximate surface area is 112 Å². The number of aliphatic hydroxyl groups is 1. The van der Waals surface area contributed by atoms with Gasteiger partial charge in [0.2, 0.25) is 0 Å². The molecule has 5 heteroatoms. The molecule has 2 rings (SSSR count). The largest absolute Gasteiger partial charge is 0.386 e. The SMILES string of the molecule is CN1CCCc2cc(CNCC(O)C(F)F)ccc21. The van der Waals surface area contributed by atoms with E-state index in [1.54, 1.807) is 0 Å². The summed E-state index contributed by atoms with van der Waals surface area (Å²) in [4.78, 5) is 2.23. The maximum atomic E-state index is 12.1. The van der Waals surface area contributed by atoms with E-state index in [9.17, 15) is 8.78 Å². The van der Waals surface area contributed by atoms with E-state index in [0.29, 0.717) is 6.54 Å². The standard InChI is InChI=1S/C14H20F2N2O/c1-18-6-2-3-11-7-10(4-5-12(11)18)8-17-9-13(19)14(15)16/h4-5,7,13-14,17,19H,2-3,6,8-9H2,1H3. The molecule has 0 fully saturated rings. The second-order valence-corrected chi connectivity index (χ2v) is 5.02. The minimum Gasteiger partial charge on any atom is -0.386 e. The minimum atomic E-state index is -2.69. The Hall–Kier alpha value is -1.20. The third-order valence-electron chi connectivity index (χ3n) is 3.47. The van der Waals surface area contributed by atoms with Gasteiger partial charge in [-0.15, -0.1) is 0 Å². The molecule has 0 amide bonds. The molecule has 0 spiro atoms. The summed E-state index contributed by atoms with van der Waals surface area (Å²) >= 11 is 0. The van der Waals surface area contributed by atoms with Crippen LogP contribution in [0.5, 0.6) is 0 Å². The molecule has 1 heterocycles. The van der Waals surface area contributed by atoms with Crippen LogP contribution in [0.4, 0.5) is 14.5 Å². The molecule has 0 saturated carbocycles. The number of fused-ring (bicyclic) bond motifs is 1. The molecule has 0 radical (unpaired) electrons. The van der Waals surface area contributed by atoms with Crippen LogP contribution in [0.2, 0.25) is 0 Å². The molecular formula is C14H20F2N2O. The fraction of sp³-hybridized carbons (Fsp3) is 0.571. The number of halogens is 2. The predicted molar refractivity (Wildman–Crippen MR) is 71.8 cm³/mol. The number of rotatable bonds is 5. The van der Waals surface area contributed by atoms with Crippen molar-refractivity contribution in [1.82, 2.24) is 5.32 Å². The molecule has 0 bridgehead atoms. The van der Waals surface area contributed by atoms with Crippen LogP contribution in [-0.4, -0.2) is 37.8 Å². The molecule has 19 heavy (non-hydrogen) atoms. The molecular weight excluding hydrogens is 250 g/mol. The molecule has 1 aliphatic rings. The maximum Gasteiger partial charge on any atom is 0.265 e. The third-order valence-corrected chi connectivity index (χ3v) is 3.47. The van der Waals surface area contributed by atoms with Gasteiger partial charge in [0.1, 0.15) is 6.10 Å². The zero-order chi connectivity index (χ0) is 13.8. The van der Waals surface area contributed by atoms with Crippen LogP contribution in [0.3, 0.4) is 0 Å². The number of aryl methyl sites for hydroxylation is 1. The van der Waals surface area contributed by atoms with E-state index >= 15 is 0 Å². The van der Waals surface area contributed by atoms with E-state index in [4.69, 9.17) is 5.11 Å². The van der Waals surface area contributed by atoms with Crippen molar-refractivity contribution in [2.75, 3.05) is 25.0 Å². The van der Waals surface area contributed by atoms with E-state index in [-0.39, 0.29) is 6.54 Å². The smallest absolute Gasteiger partial charge is 0.265 e. The van der Waals surface area contributed by atoms with Crippen molar-refractivity contribution < 1.29 is 13.9 Å². The van der Waals surface area contributed by atoms with E-state index < -0.39 is 12.5 Å². The molecule has 106 valence electrons. The summed E-state index contributed by atoms with van der Waals surface area (Å²) in [5, 5.41) is 11.9. The molecule has 2 N–H and O–H groups in total. The van der Waals surface area contributed by atoms with Crippen molar-refractivity contribution in [3.63, 3.8) is 0 Å². The lowest BCUT2D eigenvalue weighted by atomic mass is 9.99. The molecule has 1 atom stereocenters. The molecule has 3 nitrogen and oxygen atoms in total. The molecule has 1 aromatic rings. The molecule has 1 unspecified atom stereocenters. The Balaban J connectivity index is 1.91. The summed E-state index contributed by atoms with van der Waals surface area (Å²) in [6.45, 7) is 1.49. The van der Waals surface area contributed by atoms with Crippen LogP contribution in [0.1, 0.15) is 17.5 Å². The van der Waals surface area contributed by atoms with Gasteiger partial charge >= 0.3 is 0 Å². The number of hydrogen-bond donors (Lipinski definition) is 2. The van der Waals surface area contributed by atoms with Crippen molar-refractivity contribution in [2.45, 2.75) is 31.9 Å². The topological polar surface area (TPSA) is 35.5 Å². The van der Waals surface area contributed by atoms with Gasteiger partial charge < -0.3 is 15.3 Å². The molecule has 1 aromatic carbocycles. The average Bonchev–Trinajstić information content (AvgIpc) is 2.38. The van der Waals surface area contributed by atoms with Crippen molar-refractivity contribution in [2.24, 2.45) is 0 Å². The molecule has 0 saturated heterocycles. The van der Waals surface area contributed by atoms with Crippen LogP contribution in [-0.2, 0) is 13.0 Å². The van der Waals surface area contributed by atoms with Gasteiger partial charge in [0.05, 0.1) is 0 Å². The number of hydrogen-bond acceptors (Lipinski definition) is 3. The first-order valence-electron chi connectivity index (χ1n) is 6.58. The minimum absolute atomic E-state index is 0.0886. The zero-order valence-electron chi connectivity index (χ0n) is 11.1. The Kier molecular flexibility index (Phi) is 4.71. The summed E-state index contributed by atoms with van der Waals surface area (Å²) < 4.78 is 24.3. The fourth-order valence-electron chi connectivity index (χ4n) is 2.40. The normalized spacial score (nSPS) is 16.6. The highest BCUT2D eigenvalue weighted by Crippen LogP contribution is 2.26. The Morgan fingerprint density at radius 3 is 2.95 bits per heavy atom. The van der Waals surface area contributed by atoms with E-state index in [0.717, 1.165) is 24.9 Å². The summed E-state index contributed by atoms with van der Waals surface area (Å²) in [5.41, 5.74) is 3.63. The highest BCUT2D eigenvalue weighted by Gasteiger charge is 2.16. The van der Waals surface area contributed by atoms with Crippen molar-refractivity contribution in [1.29, 1.82) is 0 Å². The van der Waals surface area contributed by atoms with Crippen molar-refractivity contribution >= 4 is 5.69 Å². The number of benzene rings is 1. The van der Waals surface area contributed by atoms with Gasteiger partial charge in [-0.2, -0.15) is 0 Å². The average molecular weight is 270 g/mol. The first kappa shape index (κ1) is 14.2. The van der Waals surface area contributed by atoms with Crippen LogP contribution in [0.15, 0.2) is 18.2 Å². The van der Waals surface area contributed by atoms with Gasteiger partial charge in [-0.25, -0.2) is 8.78 Å². The number of alkyl halides is 2. The number of nitrogens with zero attached hydrogens (tertiary/aromatic N) is 1. The number of nitrogens with one attached hydrogen (secondary N) is 1. The van der Waals surface area contributed by atoms with Gasteiger partial charge in [-0.3, -0.25) is 0 Å². The Morgan fingerprint density at radius 1 is 1.42 bits per heavy atom. The lowest BCUT2D eigenvalue weighted by Crippen LogP contribution is -2.31. The quantitative estimate of drug-likeness (QED) is 0.856. The van der Waals surface area contributed by atoms with Crippen LogP contribution < -0.4 is 10.2 Å². The third kappa shape index (κ3) is 3.64. The van der Waals surface area contributed by atoms with Gasteiger partial charge in [0.15, 0.2) is 0 Å². The van der Waals surface area contributed by atoms with E-state index in [1.165, 1.54) is 11.3 Å². The van der Waals surface area contributed by atoms with Crippen LogP contribution in [0.25, 0.3) is 0 Å². The lowest BCUT2D eigenvalue weighted by Gasteiger charge is -2.27. The first-order chi connectivity index (χ1) is 9.08. The maximum absolute atomic E-state index is 12.1. The van der Waals surface area contributed by atoms with E-state index in [2.05, 4.69) is 29.4 Å². The Bertz CT molecular complexity index is 426. The highest BCUT2D eigenvalue weighted by atomic mass is 19.3. The lowest BCUT2D eigenvalue weighted by molar-refractivity contribution is -0.00340. The summed E-state index contributed by atoms with van der Waals surface area (Å²) in [7, 11) is 2.08. The number of anilines is 1. The molecule has 0 aromatic heterocycles. The molecule has 0 aliphatic carbocycles. The monoisotopic (exact) mass is 270 g/mol. The zero-order valence-corrected chi connectivity index (χ0v) is 11.1. The fourth-order valence-corrected chi connectivity index (χ4v) is 2.40. The summed E-state index contributed by atoms with van der Waals surface area (Å²) in [6, 6.07) is 6.20. The van der Waals surface area contributed by atoms with Crippen LogP contribution >= 0.6 is 0 Å². The number of aliphatic hydroxyl groups excluding tert-OH is 1. The van der Waals surface area contributed by atoms with Crippen molar-refractivity contribution in [3.05, 3.63) is 29.3 Å². The van der Waals surface area contributed by atoms with Gasteiger partial charge in [-0.05, 0) is 30.0 Å². The van der Waals surface area contributed by atoms with Crippen molar-refractivity contribution in [3.8, 4) is 0 Å². The first-order valence-corrected chi connectivity index (χ1v) is 6.58. The van der Waals surface area contributed by atoms with Gasteiger partial charge in [0, 0.05) is 32.4 Å². The Morgan fingerprint density at radius 2 is 2.21 bits per heavy atom. The second kappa shape index (κ2) is 6.30. The van der Waals surface area contributed by atoms with Gasteiger partial charge in [0.25, 0.3) is 6.43 Å². The van der Waals surface area contributed by atoms with Crippen LogP contribution in [0, 0.1) is 0 Å². The summed E-state index contributed by atoms with van der Waals surface area (Å²) in [6.07, 6.45) is -2.08.